The van der Waals surface area contributed by atoms with E-state index in [1.807, 2.05) is 12.1 Å². The zero-order chi connectivity index (χ0) is 20.9. The van der Waals surface area contributed by atoms with Crippen molar-refractivity contribution in [1.29, 1.82) is 0 Å². The van der Waals surface area contributed by atoms with Crippen LogP contribution in [-0.4, -0.2) is 32.6 Å². The Kier molecular flexibility index (Phi) is 6.69. The minimum absolute atomic E-state index is 0.0199. The van der Waals surface area contributed by atoms with E-state index in [1.165, 1.54) is 30.3 Å². The van der Waals surface area contributed by atoms with Gasteiger partial charge in [0.05, 0.1) is 5.75 Å². The summed E-state index contributed by atoms with van der Waals surface area (Å²) in [5.74, 6) is 0.136. The molecular weight excluding hydrogens is 425 g/mol. The van der Waals surface area contributed by atoms with Crippen LogP contribution in [0.15, 0.2) is 53.7 Å². The fourth-order valence-corrected chi connectivity index (χ4v) is 4.36. The van der Waals surface area contributed by atoms with Crippen molar-refractivity contribution in [2.24, 2.45) is 0 Å². The predicted octanol–water partition coefficient (Wildman–Crippen LogP) is 5.69. The summed E-state index contributed by atoms with van der Waals surface area (Å²) < 4.78 is 20.9. The molecule has 4 rings (SSSR count). The lowest BCUT2D eigenvalue weighted by molar-refractivity contribution is -0.147. The number of benzene rings is 2. The number of nitrogens with zero attached hydrogens (tertiary/aromatic N) is 3. The van der Waals surface area contributed by atoms with Gasteiger partial charge in [-0.25, -0.2) is 4.39 Å². The number of hydrogen-bond acceptors (Lipinski definition) is 5. The van der Waals surface area contributed by atoms with Gasteiger partial charge in [-0.05, 0) is 74.2 Å². The average Bonchev–Trinajstić information content (AvgIpc) is 3.18. The summed E-state index contributed by atoms with van der Waals surface area (Å²) in [4.78, 5) is 12.3. The molecule has 1 aliphatic carbocycles. The molecule has 2 aromatic carbocycles. The molecule has 1 saturated carbocycles. The van der Waals surface area contributed by atoms with Crippen LogP contribution < -0.4 is 0 Å². The van der Waals surface area contributed by atoms with E-state index in [0.29, 0.717) is 21.7 Å². The van der Waals surface area contributed by atoms with Crippen LogP contribution in [0.4, 0.5) is 4.39 Å². The first kappa shape index (κ1) is 20.9. The summed E-state index contributed by atoms with van der Waals surface area (Å²) in [5, 5.41) is 9.74. The average molecular weight is 446 g/mol. The zero-order valence-corrected chi connectivity index (χ0v) is 17.8. The highest BCUT2D eigenvalue weighted by molar-refractivity contribution is 7.99. The topological polar surface area (TPSA) is 57.0 Å². The molecule has 1 aliphatic rings. The number of halogens is 2. The molecule has 30 heavy (non-hydrogen) atoms. The number of carbonyl (C=O) groups is 1. The number of rotatable bonds is 6. The molecule has 0 unspecified atom stereocenters. The normalized spacial score (nSPS) is 14.6. The second kappa shape index (κ2) is 9.62. The molecule has 3 aromatic rings. The zero-order valence-electron chi connectivity index (χ0n) is 16.3. The highest BCUT2D eigenvalue weighted by Gasteiger charge is 2.20. The van der Waals surface area contributed by atoms with E-state index in [0.717, 1.165) is 31.2 Å². The Hall–Kier alpha value is -2.38. The Bertz CT molecular complexity index is 1000. The van der Waals surface area contributed by atoms with Crippen molar-refractivity contribution in [2.45, 2.75) is 43.4 Å². The number of thioether (sulfide) groups is 1. The number of hydrogen-bond donors (Lipinski definition) is 0. The van der Waals surface area contributed by atoms with Crippen LogP contribution in [-0.2, 0) is 9.53 Å². The number of carbonyl (C=O) groups excluding carboxylic acids is 1. The van der Waals surface area contributed by atoms with Crippen molar-refractivity contribution in [1.82, 2.24) is 14.8 Å². The third-order valence-electron chi connectivity index (χ3n) is 4.99. The minimum Gasteiger partial charge on any atom is -0.462 e. The number of aromatic nitrogens is 3. The predicted molar refractivity (Wildman–Crippen MR) is 115 cm³/mol. The third-order valence-corrected chi connectivity index (χ3v) is 6.14. The fourth-order valence-electron chi connectivity index (χ4n) is 3.50. The van der Waals surface area contributed by atoms with Crippen molar-refractivity contribution in [2.75, 3.05) is 5.75 Å². The van der Waals surface area contributed by atoms with Crippen molar-refractivity contribution >= 4 is 29.3 Å². The summed E-state index contributed by atoms with van der Waals surface area (Å²) in [6, 6.07) is 13.3. The van der Waals surface area contributed by atoms with Crippen LogP contribution in [0.2, 0.25) is 5.02 Å². The maximum Gasteiger partial charge on any atom is 0.316 e. The van der Waals surface area contributed by atoms with Gasteiger partial charge < -0.3 is 4.74 Å². The Morgan fingerprint density at radius 3 is 2.47 bits per heavy atom. The Labute approximate surface area is 183 Å². The SMILES string of the molecule is O=C(CSc1nnc(-c2ccc(Cl)cc2)n1-c1ccc(F)cc1)OC1CCCCC1. The molecule has 0 amide bonds. The van der Waals surface area contributed by atoms with Gasteiger partial charge in [-0.15, -0.1) is 10.2 Å². The van der Waals surface area contributed by atoms with Crippen molar-refractivity contribution in [3.8, 4) is 17.1 Å². The van der Waals surface area contributed by atoms with Gasteiger partial charge in [0, 0.05) is 16.3 Å². The molecule has 0 saturated heterocycles. The molecule has 0 bridgehead atoms. The first-order valence-electron chi connectivity index (χ1n) is 9.90. The van der Waals surface area contributed by atoms with Gasteiger partial charge in [0.15, 0.2) is 11.0 Å². The van der Waals surface area contributed by atoms with Gasteiger partial charge in [0.2, 0.25) is 0 Å². The number of esters is 1. The van der Waals surface area contributed by atoms with Gasteiger partial charge in [-0.1, -0.05) is 29.8 Å². The van der Waals surface area contributed by atoms with Crippen LogP contribution >= 0.6 is 23.4 Å². The monoisotopic (exact) mass is 445 g/mol. The van der Waals surface area contributed by atoms with Crippen molar-refractivity contribution in [3.63, 3.8) is 0 Å². The van der Waals surface area contributed by atoms with Crippen LogP contribution in [0.3, 0.4) is 0 Å². The lowest BCUT2D eigenvalue weighted by Crippen LogP contribution is -2.22. The summed E-state index contributed by atoms with van der Waals surface area (Å²) in [6.07, 6.45) is 5.30. The first-order chi connectivity index (χ1) is 14.6. The summed E-state index contributed by atoms with van der Waals surface area (Å²) in [5.41, 5.74) is 1.52. The van der Waals surface area contributed by atoms with E-state index in [1.54, 1.807) is 28.8 Å². The maximum absolute atomic E-state index is 13.5. The second-order valence-electron chi connectivity index (χ2n) is 7.16. The van der Waals surface area contributed by atoms with E-state index in [9.17, 15) is 9.18 Å². The first-order valence-corrected chi connectivity index (χ1v) is 11.3. The van der Waals surface area contributed by atoms with E-state index in [2.05, 4.69) is 10.2 Å². The van der Waals surface area contributed by atoms with Crippen LogP contribution in [0.5, 0.6) is 0 Å². The molecule has 0 atom stereocenters. The maximum atomic E-state index is 13.5. The molecule has 1 fully saturated rings. The van der Waals surface area contributed by atoms with E-state index in [-0.39, 0.29) is 23.6 Å². The molecule has 0 radical (unpaired) electrons. The molecule has 8 heteroatoms. The van der Waals surface area contributed by atoms with Crippen LogP contribution in [0, 0.1) is 5.82 Å². The van der Waals surface area contributed by atoms with Gasteiger partial charge in [-0.3, -0.25) is 9.36 Å². The summed E-state index contributed by atoms with van der Waals surface area (Å²) >= 11 is 7.26. The molecule has 1 aromatic heterocycles. The molecule has 0 aliphatic heterocycles. The summed E-state index contributed by atoms with van der Waals surface area (Å²) in [6.45, 7) is 0. The van der Waals surface area contributed by atoms with Crippen LogP contribution in [0.1, 0.15) is 32.1 Å². The smallest absolute Gasteiger partial charge is 0.316 e. The van der Waals surface area contributed by atoms with E-state index in [4.69, 9.17) is 16.3 Å². The Morgan fingerprint density at radius 2 is 1.77 bits per heavy atom. The second-order valence-corrected chi connectivity index (χ2v) is 8.54. The minimum atomic E-state index is -0.329. The molecule has 1 heterocycles. The van der Waals surface area contributed by atoms with Crippen LogP contribution in [0.25, 0.3) is 17.1 Å². The van der Waals surface area contributed by atoms with E-state index >= 15 is 0 Å². The molecule has 156 valence electrons. The lowest BCUT2D eigenvalue weighted by Gasteiger charge is -2.21. The quantitative estimate of drug-likeness (QED) is 0.360. The van der Waals surface area contributed by atoms with Gasteiger partial charge >= 0.3 is 5.97 Å². The van der Waals surface area contributed by atoms with E-state index < -0.39 is 0 Å². The highest BCUT2D eigenvalue weighted by atomic mass is 35.5. The van der Waals surface area contributed by atoms with Crippen molar-refractivity contribution in [3.05, 3.63) is 59.4 Å². The fraction of sp³-hybridized carbons (Fsp3) is 0.318. The third kappa shape index (κ3) is 5.02. The highest BCUT2D eigenvalue weighted by Crippen LogP contribution is 2.29. The largest absolute Gasteiger partial charge is 0.462 e. The standard InChI is InChI=1S/C22H21ClFN3O2S/c23-16-8-6-15(7-9-16)21-25-26-22(27(21)18-12-10-17(24)11-13-18)30-14-20(28)29-19-4-2-1-3-5-19/h6-13,19H,1-5,14H2. The Morgan fingerprint density at radius 1 is 1.07 bits per heavy atom. The lowest BCUT2D eigenvalue weighted by atomic mass is 9.98. The molecular formula is C22H21ClFN3O2S. The molecule has 0 N–H and O–H groups in total. The van der Waals surface area contributed by atoms with Gasteiger partial charge in [0.1, 0.15) is 11.9 Å². The molecule has 0 spiro atoms. The van der Waals surface area contributed by atoms with Gasteiger partial charge in [-0.2, -0.15) is 0 Å². The Balaban J connectivity index is 1.57. The van der Waals surface area contributed by atoms with Gasteiger partial charge in [0.25, 0.3) is 0 Å². The number of ether oxygens (including phenoxy) is 1. The summed E-state index contributed by atoms with van der Waals surface area (Å²) in [7, 11) is 0. The van der Waals surface area contributed by atoms with Crippen molar-refractivity contribution < 1.29 is 13.9 Å². The molecule has 5 nitrogen and oxygen atoms in total.